The molecule has 2 N–H and O–H groups in total. The molecule has 0 aliphatic heterocycles. The molecule has 1 aromatic carbocycles. The summed E-state index contributed by atoms with van der Waals surface area (Å²) in [6.07, 6.45) is 4.75. The highest BCUT2D eigenvalue weighted by molar-refractivity contribution is 5.31. The Morgan fingerprint density at radius 1 is 1.14 bits per heavy atom. The number of hydrogen-bond donors (Lipinski definition) is 1. The number of hydrogen-bond acceptors (Lipinski definition) is 3. The number of rotatable bonds is 5. The van der Waals surface area contributed by atoms with Gasteiger partial charge in [-0.25, -0.2) is 4.68 Å². The van der Waals surface area contributed by atoms with Crippen molar-refractivity contribution in [3.05, 3.63) is 66.2 Å². The second kappa shape index (κ2) is 5.93. The summed E-state index contributed by atoms with van der Waals surface area (Å²) in [5, 5.41) is 8.91. The minimum absolute atomic E-state index is 0.260. The molecule has 21 heavy (non-hydrogen) atoms. The largest absolute Gasteiger partial charge is 0.318 e. The Labute approximate surface area is 124 Å². The highest BCUT2D eigenvalue weighted by Gasteiger charge is 2.16. The maximum atomic E-state index is 6.35. The minimum Gasteiger partial charge on any atom is -0.318 e. The third-order valence-corrected chi connectivity index (χ3v) is 3.45. The van der Waals surface area contributed by atoms with Gasteiger partial charge in [-0.05, 0) is 30.7 Å². The van der Waals surface area contributed by atoms with Crippen LogP contribution in [-0.4, -0.2) is 19.6 Å². The van der Waals surface area contributed by atoms with E-state index in [0.29, 0.717) is 0 Å². The van der Waals surface area contributed by atoms with Gasteiger partial charge in [0, 0.05) is 18.9 Å². The molecule has 0 aliphatic rings. The standard InChI is InChI=1S/C16H19N5/c1-2-11-21-15(8-10-18-21)16(17)14-9-12-20(19-14)13-6-4-3-5-7-13/h3-10,12,16H,2,11,17H2,1H3. The van der Waals surface area contributed by atoms with Crippen LogP contribution in [0.4, 0.5) is 0 Å². The highest BCUT2D eigenvalue weighted by atomic mass is 15.3. The average molecular weight is 281 g/mol. The first-order valence-corrected chi connectivity index (χ1v) is 7.18. The number of aryl methyl sites for hydroxylation is 1. The monoisotopic (exact) mass is 281 g/mol. The molecule has 0 bridgehead atoms. The van der Waals surface area contributed by atoms with Crippen molar-refractivity contribution in [3.63, 3.8) is 0 Å². The third kappa shape index (κ3) is 2.73. The maximum absolute atomic E-state index is 6.35. The first-order valence-electron chi connectivity index (χ1n) is 7.18. The summed E-state index contributed by atoms with van der Waals surface area (Å²) in [6.45, 7) is 3.00. The van der Waals surface area contributed by atoms with E-state index in [0.717, 1.165) is 30.0 Å². The van der Waals surface area contributed by atoms with Gasteiger partial charge in [-0.3, -0.25) is 4.68 Å². The van der Waals surface area contributed by atoms with Crippen molar-refractivity contribution >= 4 is 0 Å². The Hall–Kier alpha value is -2.40. The van der Waals surface area contributed by atoms with Gasteiger partial charge in [0.15, 0.2) is 0 Å². The first kappa shape index (κ1) is 13.6. The van der Waals surface area contributed by atoms with Crippen molar-refractivity contribution < 1.29 is 0 Å². The normalized spacial score (nSPS) is 12.5. The zero-order chi connectivity index (χ0) is 14.7. The van der Waals surface area contributed by atoms with Gasteiger partial charge in [0.25, 0.3) is 0 Å². The first-order chi connectivity index (χ1) is 10.3. The molecule has 3 rings (SSSR count). The van der Waals surface area contributed by atoms with Crippen LogP contribution in [0.2, 0.25) is 0 Å². The summed E-state index contributed by atoms with van der Waals surface area (Å²) in [6, 6.07) is 13.7. The van der Waals surface area contributed by atoms with Gasteiger partial charge in [-0.2, -0.15) is 10.2 Å². The Morgan fingerprint density at radius 3 is 2.71 bits per heavy atom. The van der Waals surface area contributed by atoms with Crippen molar-refractivity contribution in [1.82, 2.24) is 19.6 Å². The van der Waals surface area contributed by atoms with Crippen LogP contribution in [0.15, 0.2) is 54.9 Å². The van der Waals surface area contributed by atoms with Gasteiger partial charge in [-0.15, -0.1) is 0 Å². The van der Waals surface area contributed by atoms with E-state index >= 15 is 0 Å². The fraction of sp³-hybridized carbons (Fsp3) is 0.250. The topological polar surface area (TPSA) is 61.7 Å². The van der Waals surface area contributed by atoms with Crippen molar-refractivity contribution in [2.45, 2.75) is 25.9 Å². The van der Waals surface area contributed by atoms with E-state index < -0.39 is 0 Å². The predicted molar refractivity (Wildman–Crippen MR) is 82.1 cm³/mol. The van der Waals surface area contributed by atoms with E-state index in [1.54, 1.807) is 6.20 Å². The van der Waals surface area contributed by atoms with E-state index in [-0.39, 0.29) is 6.04 Å². The lowest BCUT2D eigenvalue weighted by Crippen LogP contribution is -2.18. The van der Waals surface area contributed by atoms with E-state index in [1.165, 1.54) is 0 Å². The van der Waals surface area contributed by atoms with Crippen molar-refractivity contribution in [1.29, 1.82) is 0 Å². The quantitative estimate of drug-likeness (QED) is 0.781. The smallest absolute Gasteiger partial charge is 0.0915 e. The van der Waals surface area contributed by atoms with E-state index in [2.05, 4.69) is 17.1 Å². The van der Waals surface area contributed by atoms with Crippen LogP contribution < -0.4 is 5.73 Å². The molecule has 0 saturated carbocycles. The van der Waals surface area contributed by atoms with Crippen LogP contribution in [0.3, 0.4) is 0 Å². The van der Waals surface area contributed by atoms with Crippen molar-refractivity contribution in [2.75, 3.05) is 0 Å². The molecule has 5 heteroatoms. The molecule has 2 heterocycles. The van der Waals surface area contributed by atoms with E-state index in [1.807, 2.05) is 58.0 Å². The Kier molecular flexibility index (Phi) is 3.83. The fourth-order valence-corrected chi connectivity index (χ4v) is 2.39. The Balaban J connectivity index is 1.87. The van der Waals surface area contributed by atoms with Gasteiger partial charge < -0.3 is 5.73 Å². The molecular weight excluding hydrogens is 262 g/mol. The Bertz CT molecular complexity index is 698. The van der Waals surface area contributed by atoms with Crippen LogP contribution in [0.5, 0.6) is 0 Å². The number of nitrogens with zero attached hydrogens (tertiary/aromatic N) is 4. The zero-order valence-corrected chi connectivity index (χ0v) is 12.1. The molecule has 1 atom stereocenters. The van der Waals surface area contributed by atoms with Gasteiger partial charge in [-0.1, -0.05) is 25.1 Å². The maximum Gasteiger partial charge on any atom is 0.0915 e. The molecular formula is C16H19N5. The molecule has 0 fully saturated rings. The number of aromatic nitrogens is 4. The second-order valence-corrected chi connectivity index (χ2v) is 4.98. The SMILES string of the molecule is CCCn1nccc1C(N)c1ccn(-c2ccccc2)n1. The average Bonchev–Trinajstić information content (AvgIpc) is 3.17. The molecule has 0 saturated heterocycles. The van der Waals surface area contributed by atoms with Gasteiger partial charge in [0.05, 0.1) is 23.1 Å². The lowest BCUT2D eigenvalue weighted by molar-refractivity contribution is 0.555. The summed E-state index contributed by atoms with van der Waals surface area (Å²) < 4.78 is 3.79. The van der Waals surface area contributed by atoms with Crippen LogP contribution in [0, 0.1) is 0 Å². The second-order valence-electron chi connectivity index (χ2n) is 4.98. The summed E-state index contributed by atoms with van der Waals surface area (Å²) >= 11 is 0. The van der Waals surface area contributed by atoms with Crippen molar-refractivity contribution in [3.8, 4) is 5.69 Å². The molecule has 0 radical (unpaired) electrons. The van der Waals surface area contributed by atoms with E-state index in [4.69, 9.17) is 5.73 Å². The molecule has 5 nitrogen and oxygen atoms in total. The summed E-state index contributed by atoms with van der Waals surface area (Å²) in [5.74, 6) is 0. The zero-order valence-electron chi connectivity index (χ0n) is 12.1. The van der Waals surface area contributed by atoms with Gasteiger partial charge in [0.2, 0.25) is 0 Å². The number of nitrogens with two attached hydrogens (primary N) is 1. The molecule has 108 valence electrons. The molecule has 0 aliphatic carbocycles. The molecule has 0 amide bonds. The van der Waals surface area contributed by atoms with Gasteiger partial charge in [0.1, 0.15) is 0 Å². The van der Waals surface area contributed by atoms with Crippen molar-refractivity contribution in [2.24, 2.45) is 5.73 Å². The minimum atomic E-state index is -0.260. The Morgan fingerprint density at radius 2 is 1.95 bits per heavy atom. The molecule has 2 aromatic heterocycles. The molecule has 3 aromatic rings. The van der Waals surface area contributed by atoms with Crippen LogP contribution in [0.25, 0.3) is 5.69 Å². The van der Waals surface area contributed by atoms with Gasteiger partial charge >= 0.3 is 0 Å². The summed E-state index contributed by atoms with van der Waals surface area (Å²) in [7, 11) is 0. The highest BCUT2D eigenvalue weighted by Crippen LogP contribution is 2.19. The summed E-state index contributed by atoms with van der Waals surface area (Å²) in [4.78, 5) is 0. The number of benzene rings is 1. The van der Waals surface area contributed by atoms with E-state index in [9.17, 15) is 0 Å². The fourth-order valence-electron chi connectivity index (χ4n) is 2.39. The molecule has 1 unspecified atom stereocenters. The van der Waals surface area contributed by atoms with Crippen LogP contribution in [-0.2, 0) is 6.54 Å². The third-order valence-electron chi connectivity index (χ3n) is 3.45. The number of para-hydroxylation sites is 1. The lowest BCUT2D eigenvalue weighted by Gasteiger charge is -2.11. The van der Waals surface area contributed by atoms with Crippen LogP contribution >= 0.6 is 0 Å². The summed E-state index contributed by atoms with van der Waals surface area (Å²) in [5.41, 5.74) is 9.21. The predicted octanol–water partition coefficient (Wildman–Crippen LogP) is 2.53. The van der Waals surface area contributed by atoms with Crippen LogP contribution in [0.1, 0.15) is 30.8 Å². The molecule has 0 spiro atoms. The lowest BCUT2D eigenvalue weighted by atomic mass is 10.1.